The van der Waals surface area contributed by atoms with Crippen LogP contribution in [0.25, 0.3) is 5.70 Å². The molecule has 0 amide bonds. The molecular weight excluding hydrogens is 364 g/mol. The fraction of sp³-hybridized carbons (Fsp3) is 0.429. The van der Waals surface area contributed by atoms with Crippen LogP contribution in [0.2, 0.25) is 0 Å². The fourth-order valence-electron chi connectivity index (χ4n) is 3.40. The second-order valence-corrected chi connectivity index (χ2v) is 9.36. The van der Waals surface area contributed by atoms with E-state index in [9.17, 15) is 0 Å². The maximum Gasteiger partial charge on any atom is 0.0343 e. The van der Waals surface area contributed by atoms with Crippen LogP contribution in [0.1, 0.15) is 69.6 Å². The molecule has 1 aliphatic carbocycles. The number of allylic oxidation sites excluding steroid dienone is 5. The molecule has 1 unspecified atom stereocenters. The van der Waals surface area contributed by atoms with E-state index in [1.54, 1.807) is 0 Å². The highest BCUT2D eigenvalue weighted by Crippen LogP contribution is 2.25. The summed E-state index contributed by atoms with van der Waals surface area (Å²) in [6, 6.07) is 6.88. The first-order valence-electron chi connectivity index (χ1n) is 11.0. The lowest BCUT2D eigenvalue weighted by Gasteiger charge is -2.32. The number of hydrogen-bond acceptors (Lipinski definition) is 2. The minimum Gasteiger partial charge on any atom is -0.403 e. The van der Waals surface area contributed by atoms with E-state index in [0.29, 0.717) is 6.04 Å². The van der Waals surface area contributed by atoms with Crippen molar-refractivity contribution in [3.63, 3.8) is 0 Å². The average Bonchev–Trinajstić information content (AvgIpc) is 2.66. The molecule has 30 heavy (non-hydrogen) atoms. The van der Waals surface area contributed by atoms with Gasteiger partial charge in [-0.05, 0) is 69.1 Å². The van der Waals surface area contributed by atoms with Gasteiger partial charge in [-0.15, -0.1) is 6.58 Å². The molecule has 1 aromatic carbocycles. The zero-order chi connectivity index (χ0) is 22.7. The van der Waals surface area contributed by atoms with E-state index in [1.807, 2.05) is 6.08 Å². The third kappa shape index (κ3) is 9.82. The smallest absolute Gasteiger partial charge is 0.0343 e. The van der Waals surface area contributed by atoms with Crippen molar-refractivity contribution in [2.45, 2.75) is 72.8 Å². The molecule has 1 atom stereocenters. The summed E-state index contributed by atoms with van der Waals surface area (Å²) in [5.41, 5.74) is 12.5. The molecule has 164 valence electrons. The standard InChI is InChI=1S/C18H27N.C10H15N/c1-8-9-17(18(5,6)7)19-15(4)16-11-13(2)10-14(3)12-16;1-9(11)7-8-10-5-3-2-4-6-10/h8,10-12,17,19H,1,4,9H2,2-3,5-7H3;3,5-6H,1-2,4,7-8,11H2. The van der Waals surface area contributed by atoms with Crippen LogP contribution in [0, 0.1) is 19.3 Å². The molecule has 2 rings (SSSR count). The Morgan fingerprint density at radius 2 is 1.77 bits per heavy atom. The molecule has 2 nitrogen and oxygen atoms in total. The topological polar surface area (TPSA) is 38.0 Å². The van der Waals surface area contributed by atoms with Crippen LogP contribution in [0.3, 0.4) is 0 Å². The molecule has 0 aliphatic heterocycles. The number of nitrogens with two attached hydrogens (primary N) is 1. The SMILES string of the molecule is C=C(N)CCC1=CCCC=C1.C=CCC(NC(=C)c1cc(C)cc(C)c1)C(C)(C)C. The van der Waals surface area contributed by atoms with Gasteiger partial charge in [0.1, 0.15) is 0 Å². The maximum atomic E-state index is 5.46. The predicted octanol–water partition coefficient (Wildman–Crippen LogP) is 7.37. The van der Waals surface area contributed by atoms with Crippen LogP contribution in [-0.2, 0) is 0 Å². The third-order valence-corrected chi connectivity index (χ3v) is 5.17. The van der Waals surface area contributed by atoms with E-state index >= 15 is 0 Å². The zero-order valence-electron chi connectivity index (χ0n) is 19.9. The quantitative estimate of drug-likeness (QED) is 0.442. The lowest BCUT2D eigenvalue weighted by molar-refractivity contribution is 0.295. The highest BCUT2D eigenvalue weighted by atomic mass is 14.9. The van der Waals surface area contributed by atoms with Gasteiger partial charge < -0.3 is 11.1 Å². The van der Waals surface area contributed by atoms with Crippen LogP contribution in [0.4, 0.5) is 0 Å². The molecule has 0 fully saturated rings. The van der Waals surface area contributed by atoms with Crippen LogP contribution >= 0.6 is 0 Å². The summed E-state index contributed by atoms with van der Waals surface area (Å²) in [7, 11) is 0. The van der Waals surface area contributed by atoms with Crippen molar-refractivity contribution in [3.8, 4) is 0 Å². The summed E-state index contributed by atoms with van der Waals surface area (Å²) in [4.78, 5) is 0. The van der Waals surface area contributed by atoms with Gasteiger partial charge in [-0.2, -0.15) is 0 Å². The van der Waals surface area contributed by atoms with Crippen LogP contribution in [0.15, 0.2) is 73.5 Å². The van der Waals surface area contributed by atoms with E-state index in [2.05, 4.69) is 96.1 Å². The van der Waals surface area contributed by atoms with E-state index in [0.717, 1.165) is 30.7 Å². The monoisotopic (exact) mass is 406 g/mol. The number of benzene rings is 1. The normalized spacial score (nSPS) is 14.1. The van der Waals surface area contributed by atoms with Gasteiger partial charge in [-0.3, -0.25) is 0 Å². The van der Waals surface area contributed by atoms with Gasteiger partial charge in [-0.25, -0.2) is 0 Å². The van der Waals surface area contributed by atoms with Crippen molar-refractivity contribution in [1.29, 1.82) is 0 Å². The van der Waals surface area contributed by atoms with Crippen molar-refractivity contribution in [2.75, 3.05) is 0 Å². The summed E-state index contributed by atoms with van der Waals surface area (Å²) in [6.07, 6.45) is 13.9. The summed E-state index contributed by atoms with van der Waals surface area (Å²) in [5, 5.41) is 3.56. The highest BCUT2D eigenvalue weighted by Gasteiger charge is 2.23. The Labute approximate surface area is 185 Å². The van der Waals surface area contributed by atoms with E-state index in [-0.39, 0.29) is 5.41 Å². The van der Waals surface area contributed by atoms with Crippen LogP contribution in [-0.4, -0.2) is 6.04 Å². The van der Waals surface area contributed by atoms with Crippen molar-refractivity contribution in [2.24, 2.45) is 11.1 Å². The molecule has 1 aromatic rings. The van der Waals surface area contributed by atoms with Gasteiger partial charge in [0.2, 0.25) is 0 Å². The number of aryl methyl sites for hydroxylation is 2. The Bertz CT molecular complexity index is 767. The van der Waals surface area contributed by atoms with Crippen molar-refractivity contribution in [3.05, 3.63) is 90.2 Å². The summed E-state index contributed by atoms with van der Waals surface area (Å²) < 4.78 is 0. The van der Waals surface area contributed by atoms with Gasteiger partial charge in [-0.1, -0.05) is 81.0 Å². The Kier molecular flexibility index (Phi) is 10.5. The first-order valence-corrected chi connectivity index (χ1v) is 11.0. The molecule has 0 saturated heterocycles. The van der Waals surface area contributed by atoms with Crippen LogP contribution < -0.4 is 11.1 Å². The third-order valence-electron chi connectivity index (χ3n) is 5.17. The molecule has 3 N–H and O–H groups in total. The van der Waals surface area contributed by atoms with Gasteiger partial charge in [0, 0.05) is 17.4 Å². The molecule has 0 heterocycles. The van der Waals surface area contributed by atoms with E-state index < -0.39 is 0 Å². The number of rotatable bonds is 8. The first kappa shape index (κ1) is 25.6. The Morgan fingerprint density at radius 1 is 1.13 bits per heavy atom. The summed E-state index contributed by atoms with van der Waals surface area (Å²) in [6.45, 7) is 22.7. The van der Waals surface area contributed by atoms with Crippen molar-refractivity contribution >= 4 is 5.70 Å². The molecule has 0 spiro atoms. The van der Waals surface area contributed by atoms with Crippen molar-refractivity contribution < 1.29 is 0 Å². The van der Waals surface area contributed by atoms with Gasteiger partial charge in [0.05, 0.1) is 0 Å². The second kappa shape index (κ2) is 12.3. The summed E-state index contributed by atoms with van der Waals surface area (Å²) in [5.74, 6) is 0. The molecule has 2 heteroatoms. The van der Waals surface area contributed by atoms with Crippen LogP contribution in [0.5, 0.6) is 0 Å². The Hall–Kier alpha value is -2.48. The fourth-order valence-corrected chi connectivity index (χ4v) is 3.40. The summed E-state index contributed by atoms with van der Waals surface area (Å²) >= 11 is 0. The number of hydrogen-bond donors (Lipinski definition) is 2. The molecule has 0 aromatic heterocycles. The molecule has 0 radical (unpaired) electrons. The second-order valence-electron chi connectivity index (χ2n) is 9.36. The van der Waals surface area contributed by atoms with E-state index in [1.165, 1.54) is 35.1 Å². The lowest BCUT2D eigenvalue weighted by atomic mass is 9.84. The molecular formula is C28H42N2. The van der Waals surface area contributed by atoms with Gasteiger partial charge in [0.25, 0.3) is 0 Å². The minimum absolute atomic E-state index is 0.177. The molecule has 0 saturated carbocycles. The largest absolute Gasteiger partial charge is 0.403 e. The zero-order valence-corrected chi connectivity index (χ0v) is 19.9. The van der Waals surface area contributed by atoms with Gasteiger partial charge in [0.15, 0.2) is 0 Å². The van der Waals surface area contributed by atoms with E-state index in [4.69, 9.17) is 5.73 Å². The molecule has 1 aliphatic rings. The Morgan fingerprint density at radius 3 is 2.23 bits per heavy atom. The number of nitrogens with one attached hydrogen (secondary N) is 1. The molecule has 0 bridgehead atoms. The van der Waals surface area contributed by atoms with Gasteiger partial charge >= 0.3 is 0 Å². The highest BCUT2D eigenvalue weighted by molar-refractivity contribution is 5.63. The predicted molar refractivity (Wildman–Crippen MR) is 135 cm³/mol. The minimum atomic E-state index is 0.177. The van der Waals surface area contributed by atoms with Crippen molar-refractivity contribution in [1.82, 2.24) is 5.32 Å². The maximum absolute atomic E-state index is 5.46. The first-order chi connectivity index (χ1) is 14.0. The lowest BCUT2D eigenvalue weighted by Crippen LogP contribution is -2.38. The Balaban J connectivity index is 0.000000346. The average molecular weight is 407 g/mol.